The fraction of sp³-hybridized carbons (Fsp3) is 0. The summed E-state index contributed by atoms with van der Waals surface area (Å²) >= 11 is 0. The second kappa shape index (κ2) is 8.92. The van der Waals surface area contributed by atoms with Gasteiger partial charge in [-0.05, 0) is 77.9 Å². The first-order valence-electron chi connectivity index (χ1n) is 14.3. The third-order valence-corrected chi connectivity index (χ3v) is 8.51. The van der Waals surface area contributed by atoms with E-state index in [1.165, 1.54) is 49.4 Å². The van der Waals surface area contributed by atoms with Gasteiger partial charge in [-0.25, -0.2) is 4.98 Å². The smallest absolute Gasteiger partial charge is 0.138 e. The van der Waals surface area contributed by atoms with Gasteiger partial charge in [-0.3, -0.25) is 4.57 Å². The van der Waals surface area contributed by atoms with Crippen molar-refractivity contribution in [1.29, 1.82) is 0 Å². The average molecular weight is 536 g/mol. The lowest BCUT2D eigenvalue weighted by molar-refractivity contribution is 1.10. The molecule has 0 spiro atoms. The third-order valence-electron chi connectivity index (χ3n) is 8.51. The fourth-order valence-corrected chi connectivity index (χ4v) is 6.59. The molecule has 9 aromatic rings. The van der Waals surface area contributed by atoms with Crippen LogP contribution in [0.5, 0.6) is 0 Å². The predicted octanol–water partition coefficient (Wildman–Crippen LogP) is 10.1. The summed E-state index contributed by atoms with van der Waals surface area (Å²) in [5.74, 6) is 0.933. The molecule has 3 heterocycles. The number of rotatable bonds is 3. The third kappa shape index (κ3) is 3.37. The van der Waals surface area contributed by atoms with Gasteiger partial charge in [0.25, 0.3) is 0 Å². The van der Waals surface area contributed by atoms with Gasteiger partial charge in [0.1, 0.15) is 5.82 Å². The van der Waals surface area contributed by atoms with E-state index in [4.69, 9.17) is 4.98 Å². The van der Waals surface area contributed by atoms with Crippen molar-refractivity contribution in [3.63, 3.8) is 0 Å². The van der Waals surface area contributed by atoms with Crippen molar-refractivity contribution >= 4 is 54.5 Å². The maximum Gasteiger partial charge on any atom is 0.138 e. The van der Waals surface area contributed by atoms with Gasteiger partial charge in [0.05, 0.1) is 27.6 Å². The molecule has 6 aromatic carbocycles. The normalized spacial score (nSPS) is 11.8. The molecule has 0 radical (unpaired) electrons. The molecule has 0 bridgehead atoms. The number of nitrogens with zero attached hydrogens (tertiary/aromatic N) is 3. The van der Waals surface area contributed by atoms with Gasteiger partial charge in [-0.15, -0.1) is 0 Å². The van der Waals surface area contributed by atoms with Gasteiger partial charge in [-0.1, -0.05) is 84.9 Å². The lowest BCUT2D eigenvalue weighted by atomic mass is 10.0. The average Bonchev–Trinajstić information content (AvgIpc) is 3.57. The van der Waals surface area contributed by atoms with Crippen molar-refractivity contribution in [1.82, 2.24) is 14.1 Å². The van der Waals surface area contributed by atoms with Crippen molar-refractivity contribution in [2.24, 2.45) is 0 Å². The molecular formula is C39H25N3. The first-order valence-corrected chi connectivity index (χ1v) is 14.3. The lowest BCUT2D eigenvalue weighted by Crippen LogP contribution is -1.97. The number of para-hydroxylation sites is 4. The van der Waals surface area contributed by atoms with Gasteiger partial charge in [0.2, 0.25) is 0 Å². The Hall–Kier alpha value is -5.67. The van der Waals surface area contributed by atoms with Crippen LogP contribution in [0.3, 0.4) is 0 Å². The monoisotopic (exact) mass is 535 g/mol. The number of pyridine rings is 1. The van der Waals surface area contributed by atoms with E-state index in [1.54, 1.807) is 0 Å². The number of hydrogen-bond donors (Lipinski definition) is 0. The van der Waals surface area contributed by atoms with E-state index in [0.717, 1.165) is 27.8 Å². The highest BCUT2D eigenvalue weighted by Crippen LogP contribution is 2.38. The topological polar surface area (TPSA) is 22.8 Å². The number of hydrogen-bond acceptors (Lipinski definition) is 1. The maximum atomic E-state index is 5.05. The zero-order valence-electron chi connectivity index (χ0n) is 22.8. The van der Waals surface area contributed by atoms with E-state index in [-0.39, 0.29) is 0 Å². The summed E-state index contributed by atoms with van der Waals surface area (Å²) in [5, 5.41) is 6.12. The molecule has 0 unspecified atom stereocenters. The molecule has 0 saturated heterocycles. The van der Waals surface area contributed by atoms with Crippen LogP contribution in [0.2, 0.25) is 0 Å². The van der Waals surface area contributed by atoms with E-state index in [1.807, 2.05) is 6.07 Å². The Morgan fingerprint density at radius 2 is 0.929 bits per heavy atom. The molecular weight excluding hydrogens is 510 g/mol. The Labute approximate surface area is 242 Å². The molecule has 0 amide bonds. The van der Waals surface area contributed by atoms with Gasteiger partial charge in [0.15, 0.2) is 0 Å². The molecule has 3 heteroatoms. The summed E-state index contributed by atoms with van der Waals surface area (Å²) in [6.07, 6.45) is 0. The fourth-order valence-electron chi connectivity index (χ4n) is 6.59. The van der Waals surface area contributed by atoms with Gasteiger partial charge in [-0.2, -0.15) is 0 Å². The zero-order chi connectivity index (χ0) is 27.6. The maximum absolute atomic E-state index is 5.05. The SMILES string of the molecule is c1ccc(-n2c3ccccc3c3cc(-c4ccc5c(c4)c4ccccc4n5-c4ccc5ccccc5n4)ccc32)cc1. The highest BCUT2D eigenvalue weighted by Gasteiger charge is 2.16. The van der Waals surface area contributed by atoms with Crippen LogP contribution >= 0.6 is 0 Å². The molecule has 0 saturated carbocycles. The minimum atomic E-state index is 0.933. The Morgan fingerprint density at radius 1 is 0.381 bits per heavy atom. The second-order valence-electron chi connectivity index (χ2n) is 10.9. The summed E-state index contributed by atoms with van der Waals surface area (Å²) in [5.41, 5.74) is 9.34. The van der Waals surface area contributed by atoms with Crippen LogP contribution in [0.4, 0.5) is 0 Å². The molecule has 3 nitrogen and oxygen atoms in total. The molecule has 42 heavy (non-hydrogen) atoms. The molecule has 9 rings (SSSR count). The van der Waals surface area contributed by atoms with Crippen molar-refractivity contribution in [3.05, 3.63) is 152 Å². The van der Waals surface area contributed by atoms with Crippen molar-refractivity contribution in [3.8, 4) is 22.6 Å². The van der Waals surface area contributed by atoms with Gasteiger partial charge >= 0.3 is 0 Å². The summed E-state index contributed by atoms with van der Waals surface area (Å²) in [4.78, 5) is 5.05. The van der Waals surface area contributed by atoms with Crippen LogP contribution in [0.25, 0.3) is 77.1 Å². The molecule has 0 aliphatic rings. The van der Waals surface area contributed by atoms with Crippen molar-refractivity contribution in [2.45, 2.75) is 0 Å². The second-order valence-corrected chi connectivity index (χ2v) is 10.9. The Balaban J connectivity index is 1.26. The van der Waals surface area contributed by atoms with Crippen LogP contribution in [0.15, 0.2) is 152 Å². The summed E-state index contributed by atoms with van der Waals surface area (Å²) in [7, 11) is 0. The van der Waals surface area contributed by atoms with Crippen LogP contribution in [-0.4, -0.2) is 14.1 Å². The first-order chi connectivity index (χ1) is 20.8. The Bertz CT molecular complexity index is 2460. The van der Waals surface area contributed by atoms with Crippen LogP contribution in [0, 0.1) is 0 Å². The van der Waals surface area contributed by atoms with Crippen LogP contribution in [-0.2, 0) is 0 Å². The molecule has 0 N–H and O–H groups in total. The molecule has 0 atom stereocenters. The molecule has 0 fully saturated rings. The van der Waals surface area contributed by atoms with E-state index in [9.17, 15) is 0 Å². The largest absolute Gasteiger partial charge is 0.309 e. The Kier molecular flexibility index (Phi) is 4.90. The van der Waals surface area contributed by atoms with Crippen LogP contribution in [0.1, 0.15) is 0 Å². The molecule has 3 aromatic heterocycles. The summed E-state index contributed by atoms with van der Waals surface area (Å²) < 4.78 is 4.65. The molecule has 0 aliphatic heterocycles. The van der Waals surface area contributed by atoms with Gasteiger partial charge in [0, 0.05) is 32.6 Å². The number of fused-ring (bicyclic) bond motifs is 7. The predicted molar refractivity (Wildman–Crippen MR) is 176 cm³/mol. The van der Waals surface area contributed by atoms with E-state index < -0.39 is 0 Å². The van der Waals surface area contributed by atoms with Gasteiger partial charge < -0.3 is 4.57 Å². The van der Waals surface area contributed by atoms with Crippen molar-refractivity contribution < 1.29 is 0 Å². The standard InChI is InChI=1S/C39H25N3/c1-2-11-29(12-3-1)41-35-16-8-5-13-30(35)32-24-27(18-21-37(32)41)28-19-22-38-33(25-28)31-14-6-9-17-36(31)42(38)39-23-20-26-10-4-7-15-34(26)40-39/h1-25H. The van der Waals surface area contributed by atoms with E-state index in [0.29, 0.717) is 0 Å². The minimum Gasteiger partial charge on any atom is -0.309 e. The molecule has 196 valence electrons. The van der Waals surface area contributed by atoms with Crippen molar-refractivity contribution in [2.75, 3.05) is 0 Å². The Morgan fingerprint density at radius 3 is 1.64 bits per heavy atom. The van der Waals surface area contributed by atoms with E-state index in [2.05, 4.69) is 155 Å². The summed E-state index contributed by atoms with van der Waals surface area (Å²) in [6, 6.07) is 54.2. The highest BCUT2D eigenvalue weighted by molar-refractivity contribution is 6.12. The summed E-state index contributed by atoms with van der Waals surface area (Å²) in [6.45, 7) is 0. The quantitative estimate of drug-likeness (QED) is 0.221. The van der Waals surface area contributed by atoms with Crippen LogP contribution < -0.4 is 0 Å². The van der Waals surface area contributed by atoms with E-state index >= 15 is 0 Å². The first kappa shape index (κ1) is 23.1. The zero-order valence-corrected chi connectivity index (χ0v) is 22.8. The lowest BCUT2D eigenvalue weighted by Gasteiger charge is -2.09. The number of benzene rings is 6. The molecule has 0 aliphatic carbocycles. The highest BCUT2D eigenvalue weighted by atomic mass is 15.1. The number of aromatic nitrogens is 3. The minimum absolute atomic E-state index is 0.933.